The molecule has 2 nitrogen and oxygen atoms in total. The summed E-state index contributed by atoms with van der Waals surface area (Å²) in [6, 6.07) is 0. The summed E-state index contributed by atoms with van der Waals surface area (Å²) < 4.78 is 6.18. The molecule has 2 aliphatic rings. The molecule has 14 heavy (non-hydrogen) atoms. The molecule has 0 amide bonds. The van der Waals surface area contributed by atoms with Crippen LogP contribution < -0.4 is 5.73 Å². The van der Waals surface area contributed by atoms with Crippen molar-refractivity contribution in [3.05, 3.63) is 0 Å². The molecule has 2 N–H and O–H groups in total. The van der Waals surface area contributed by atoms with E-state index in [4.69, 9.17) is 10.5 Å². The molecule has 0 aromatic heterocycles. The number of nitrogens with two attached hydrogens (primary N) is 1. The van der Waals surface area contributed by atoms with Gasteiger partial charge < -0.3 is 10.5 Å². The molecule has 2 rings (SSSR count). The minimum atomic E-state index is 0.174. The smallest absolute Gasteiger partial charge is 0.0718 e. The van der Waals surface area contributed by atoms with E-state index < -0.39 is 0 Å². The van der Waals surface area contributed by atoms with E-state index in [1.54, 1.807) is 0 Å². The molecule has 1 spiro atoms. The highest BCUT2D eigenvalue weighted by atomic mass is 16.5. The van der Waals surface area contributed by atoms with Gasteiger partial charge in [-0.05, 0) is 37.0 Å². The van der Waals surface area contributed by atoms with E-state index in [2.05, 4.69) is 20.8 Å². The van der Waals surface area contributed by atoms with Crippen molar-refractivity contribution in [3.63, 3.8) is 0 Å². The highest BCUT2D eigenvalue weighted by Crippen LogP contribution is 2.54. The van der Waals surface area contributed by atoms with Crippen molar-refractivity contribution in [1.29, 1.82) is 0 Å². The Hall–Kier alpha value is -0.0800. The van der Waals surface area contributed by atoms with Gasteiger partial charge in [0, 0.05) is 6.54 Å². The van der Waals surface area contributed by atoms with Crippen LogP contribution >= 0.6 is 0 Å². The summed E-state index contributed by atoms with van der Waals surface area (Å²) >= 11 is 0. The van der Waals surface area contributed by atoms with Gasteiger partial charge in [-0.1, -0.05) is 20.8 Å². The van der Waals surface area contributed by atoms with E-state index >= 15 is 0 Å². The Morgan fingerprint density at radius 2 is 2.14 bits per heavy atom. The van der Waals surface area contributed by atoms with Gasteiger partial charge in [-0.25, -0.2) is 0 Å². The summed E-state index contributed by atoms with van der Waals surface area (Å²) in [7, 11) is 0. The average Bonchev–Trinajstić information content (AvgIpc) is 2.56. The van der Waals surface area contributed by atoms with Crippen LogP contribution in [-0.4, -0.2) is 18.2 Å². The van der Waals surface area contributed by atoms with Crippen LogP contribution in [0.3, 0.4) is 0 Å². The van der Waals surface area contributed by atoms with Crippen LogP contribution in [0, 0.1) is 11.3 Å². The van der Waals surface area contributed by atoms with Crippen LogP contribution in [0.4, 0.5) is 0 Å². The molecular formula is C12H23NO. The second-order valence-corrected chi connectivity index (χ2v) is 6.03. The van der Waals surface area contributed by atoms with Crippen molar-refractivity contribution >= 4 is 0 Å². The maximum Gasteiger partial charge on any atom is 0.0718 e. The SMILES string of the molecule is C[C@@H]1CC(C)(C)C[C@]12CC[C@H](CN)O2. The molecule has 0 aromatic carbocycles. The molecule has 1 saturated carbocycles. The lowest BCUT2D eigenvalue weighted by Gasteiger charge is -2.29. The Bertz CT molecular complexity index is 226. The van der Waals surface area contributed by atoms with Gasteiger partial charge >= 0.3 is 0 Å². The number of hydrogen-bond acceptors (Lipinski definition) is 2. The normalized spacial score (nSPS) is 46.3. The van der Waals surface area contributed by atoms with Crippen LogP contribution in [0.1, 0.15) is 46.5 Å². The van der Waals surface area contributed by atoms with Crippen LogP contribution in [0.5, 0.6) is 0 Å². The van der Waals surface area contributed by atoms with Gasteiger partial charge in [0.25, 0.3) is 0 Å². The lowest BCUT2D eigenvalue weighted by Crippen LogP contribution is -2.34. The Morgan fingerprint density at radius 3 is 2.57 bits per heavy atom. The highest BCUT2D eigenvalue weighted by Gasteiger charge is 2.52. The molecule has 2 heteroatoms. The van der Waals surface area contributed by atoms with Crippen LogP contribution in [0.25, 0.3) is 0 Å². The summed E-state index contributed by atoms with van der Waals surface area (Å²) in [4.78, 5) is 0. The summed E-state index contributed by atoms with van der Waals surface area (Å²) in [6.45, 7) is 7.75. The fourth-order valence-electron chi connectivity index (χ4n) is 3.58. The molecule has 1 heterocycles. The predicted octanol–water partition coefficient (Wildman–Crippen LogP) is 2.32. The molecule has 2 fully saturated rings. The minimum absolute atomic E-state index is 0.174. The van der Waals surface area contributed by atoms with E-state index in [0.717, 1.165) is 6.42 Å². The van der Waals surface area contributed by atoms with Gasteiger partial charge in [0.05, 0.1) is 11.7 Å². The van der Waals surface area contributed by atoms with Gasteiger partial charge in [0.15, 0.2) is 0 Å². The zero-order chi connectivity index (χ0) is 10.4. The predicted molar refractivity (Wildman–Crippen MR) is 58.1 cm³/mol. The Kier molecular flexibility index (Phi) is 2.39. The number of rotatable bonds is 1. The molecule has 0 unspecified atom stereocenters. The molecule has 1 aliphatic heterocycles. The maximum absolute atomic E-state index is 6.18. The van der Waals surface area contributed by atoms with E-state index in [-0.39, 0.29) is 5.60 Å². The summed E-state index contributed by atoms with van der Waals surface area (Å²) in [5.74, 6) is 0.703. The molecule has 0 radical (unpaired) electrons. The van der Waals surface area contributed by atoms with E-state index in [0.29, 0.717) is 24.0 Å². The fraction of sp³-hybridized carbons (Fsp3) is 1.00. The van der Waals surface area contributed by atoms with Crippen molar-refractivity contribution in [3.8, 4) is 0 Å². The lowest BCUT2D eigenvalue weighted by atomic mass is 9.87. The average molecular weight is 197 g/mol. The van der Waals surface area contributed by atoms with Crippen molar-refractivity contribution in [2.45, 2.75) is 58.2 Å². The highest BCUT2D eigenvalue weighted by molar-refractivity contribution is 5.03. The third-order valence-corrected chi connectivity index (χ3v) is 4.09. The second-order valence-electron chi connectivity index (χ2n) is 6.03. The molecular weight excluding hydrogens is 174 g/mol. The van der Waals surface area contributed by atoms with E-state index in [1.165, 1.54) is 19.3 Å². The Morgan fingerprint density at radius 1 is 1.43 bits per heavy atom. The van der Waals surface area contributed by atoms with Gasteiger partial charge in [-0.15, -0.1) is 0 Å². The van der Waals surface area contributed by atoms with E-state index in [1.807, 2.05) is 0 Å². The van der Waals surface area contributed by atoms with Crippen LogP contribution in [0.2, 0.25) is 0 Å². The van der Waals surface area contributed by atoms with E-state index in [9.17, 15) is 0 Å². The molecule has 0 aromatic rings. The zero-order valence-electron chi connectivity index (χ0n) is 9.68. The minimum Gasteiger partial charge on any atom is -0.370 e. The summed E-state index contributed by atoms with van der Waals surface area (Å²) in [6.07, 6.45) is 5.23. The first-order valence-corrected chi connectivity index (χ1v) is 5.85. The zero-order valence-corrected chi connectivity index (χ0v) is 9.68. The third kappa shape index (κ3) is 1.59. The molecule has 1 aliphatic carbocycles. The van der Waals surface area contributed by atoms with Crippen molar-refractivity contribution < 1.29 is 4.74 Å². The van der Waals surface area contributed by atoms with Crippen LogP contribution in [0.15, 0.2) is 0 Å². The first kappa shape index (κ1) is 10.4. The van der Waals surface area contributed by atoms with Gasteiger partial charge in [-0.3, -0.25) is 0 Å². The molecule has 82 valence electrons. The fourth-order valence-corrected chi connectivity index (χ4v) is 3.58. The van der Waals surface area contributed by atoms with Crippen molar-refractivity contribution in [2.24, 2.45) is 17.1 Å². The lowest BCUT2D eigenvalue weighted by molar-refractivity contribution is -0.0615. The van der Waals surface area contributed by atoms with Gasteiger partial charge in [0.1, 0.15) is 0 Å². The van der Waals surface area contributed by atoms with Gasteiger partial charge in [-0.2, -0.15) is 0 Å². The van der Waals surface area contributed by atoms with Crippen LogP contribution in [-0.2, 0) is 4.74 Å². The summed E-state index contributed by atoms with van der Waals surface area (Å²) in [5.41, 5.74) is 6.31. The molecule has 0 bridgehead atoms. The monoisotopic (exact) mass is 197 g/mol. The standard InChI is InChI=1S/C12H23NO/c1-9-6-11(2,3)8-12(9)5-4-10(7-13)14-12/h9-10H,4-8,13H2,1-3H3/t9-,10-,12-/m1/s1. The molecule has 3 atom stereocenters. The maximum atomic E-state index is 6.18. The van der Waals surface area contributed by atoms with Crippen molar-refractivity contribution in [1.82, 2.24) is 0 Å². The van der Waals surface area contributed by atoms with Crippen molar-refractivity contribution in [2.75, 3.05) is 6.54 Å². The number of ether oxygens (including phenoxy) is 1. The number of hydrogen-bond donors (Lipinski definition) is 1. The Balaban J connectivity index is 2.11. The first-order valence-electron chi connectivity index (χ1n) is 5.85. The first-order chi connectivity index (χ1) is 6.47. The molecule has 1 saturated heterocycles. The van der Waals surface area contributed by atoms with Gasteiger partial charge in [0.2, 0.25) is 0 Å². The second kappa shape index (κ2) is 3.21. The quantitative estimate of drug-likeness (QED) is 0.700. The Labute approximate surface area is 87.2 Å². The third-order valence-electron chi connectivity index (χ3n) is 4.09. The summed E-state index contributed by atoms with van der Waals surface area (Å²) in [5, 5.41) is 0. The topological polar surface area (TPSA) is 35.2 Å². The largest absolute Gasteiger partial charge is 0.370 e.